The number of sulfonamides is 1. The van der Waals surface area contributed by atoms with Crippen LogP contribution in [0.4, 0.5) is 5.69 Å². The second kappa shape index (κ2) is 5.03. The van der Waals surface area contributed by atoms with Gasteiger partial charge in [0, 0.05) is 17.8 Å². The molecule has 1 aromatic heterocycles. The van der Waals surface area contributed by atoms with Crippen LogP contribution in [0.5, 0.6) is 0 Å². The first-order valence-electron chi connectivity index (χ1n) is 5.29. The smallest absolute Gasteiger partial charge is 0.266 e. The van der Waals surface area contributed by atoms with Crippen LogP contribution in [0.2, 0.25) is 10.2 Å². The number of benzene rings is 1. The minimum Gasteiger partial charge on any atom is -0.279 e. The van der Waals surface area contributed by atoms with E-state index in [-0.39, 0.29) is 10.0 Å². The van der Waals surface area contributed by atoms with E-state index in [0.717, 1.165) is 0 Å². The fraction of sp³-hybridized carbons (Fsp3) is 0.182. The lowest BCUT2D eigenvalue weighted by atomic mass is 10.3. The highest BCUT2D eigenvalue weighted by atomic mass is 35.5. The third kappa shape index (κ3) is 2.86. The van der Waals surface area contributed by atoms with Crippen LogP contribution in [0.3, 0.4) is 0 Å². The predicted octanol–water partition coefficient (Wildman–Crippen LogP) is 2.84. The number of aryl methyl sites for hydroxylation is 2. The molecule has 0 unspecified atom stereocenters. The first-order chi connectivity index (χ1) is 8.81. The van der Waals surface area contributed by atoms with Crippen molar-refractivity contribution in [2.75, 3.05) is 4.72 Å². The standard InChI is InChI=1S/C11H11Cl2N3O2S/c1-7-10(11(13)16(2)14-7)19(17,18)15-9-5-3-8(12)4-6-9/h3-6,15H,1-2H3. The van der Waals surface area contributed by atoms with Crippen molar-refractivity contribution in [2.45, 2.75) is 11.8 Å². The summed E-state index contributed by atoms with van der Waals surface area (Å²) in [6, 6.07) is 6.33. The second-order valence-electron chi connectivity index (χ2n) is 3.94. The number of aromatic nitrogens is 2. The van der Waals surface area contributed by atoms with E-state index < -0.39 is 10.0 Å². The van der Waals surface area contributed by atoms with Gasteiger partial charge in [0.1, 0.15) is 10.0 Å². The van der Waals surface area contributed by atoms with Crippen LogP contribution in [0.15, 0.2) is 29.2 Å². The molecule has 0 saturated heterocycles. The lowest BCUT2D eigenvalue weighted by Crippen LogP contribution is -2.14. The molecule has 5 nitrogen and oxygen atoms in total. The maximum Gasteiger partial charge on any atom is 0.266 e. The monoisotopic (exact) mass is 319 g/mol. The van der Waals surface area contributed by atoms with E-state index in [0.29, 0.717) is 16.4 Å². The van der Waals surface area contributed by atoms with E-state index in [1.54, 1.807) is 38.2 Å². The average molecular weight is 320 g/mol. The Bertz CT molecular complexity index is 708. The first-order valence-corrected chi connectivity index (χ1v) is 7.52. The van der Waals surface area contributed by atoms with E-state index in [1.165, 1.54) is 4.68 Å². The van der Waals surface area contributed by atoms with Crippen molar-refractivity contribution in [2.24, 2.45) is 7.05 Å². The van der Waals surface area contributed by atoms with Crippen molar-refractivity contribution in [1.29, 1.82) is 0 Å². The molecule has 1 heterocycles. The number of hydrogen-bond acceptors (Lipinski definition) is 3. The minimum absolute atomic E-state index is 0.0217. The van der Waals surface area contributed by atoms with Crippen molar-refractivity contribution in [3.8, 4) is 0 Å². The van der Waals surface area contributed by atoms with E-state index >= 15 is 0 Å². The lowest BCUT2D eigenvalue weighted by molar-refractivity contribution is 0.600. The van der Waals surface area contributed by atoms with Gasteiger partial charge >= 0.3 is 0 Å². The zero-order chi connectivity index (χ0) is 14.2. The maximum atomic E-state index is 12.3. The van der Waals surface area contributed by atoms with Crippen molar-refractivity contribution in [3.63, 3.8) is 0 Å². The molecule has 0 aliphatic heterocycles. The van der Waals surface area contributed by atoms with Crippen LogP contribution in [0, 0.1) is 6.92 Å². The van der Waals surface area contributed by atoms with Crippen LogP contribution in [0.25, 0.3) is 0 Å². The summed E-state index contributed by atoms with van der Waals surface area (Å²) < 4.78 is 28.3. The van der Waals surface area contributed by atoms with Gasteiger partial charge in [-0.15, -0.1) is 0 Å². The third-order valence-corrected chi connectivity index (χ3v) is 4.79. The van der Waals surface area contributed by atoms with Gasteiger partial charge in [0.05, 0.1) is 5.69 Å². The summed E-state index contributed by atoms with van der Waals surface area (Å²) in [7, 11) is -2.20. The van der Waals surface area contributed by atoms with Gasteiger partial charge < -0.3 is 0 Å². The Balaban J connectivity index is 2.40. The van der Waals surface area contributed by atoms with Gasteiger partial charge in [-0.1, -0.05) is 23.2 Å². The Labute approximate surface area is 121 Å². The van der Waals surface area contributed by atoms with Gasteiger partial charge in [-0.25, -0.2) is 8.42 Å². The Morgan fingerprint density at radius 3 is 2.26 bits per heavy atom. The normalized spacial score (nSPS) is 11.6. The SMILES string of the molecule is Cc1nn(C)c(Cl)c1S(=O)(=O)Nc1ccc(Cl)cc1. The van der Waals surface area contributed by atoms with Gasteiger partial charge in [0.15, 0.2) is 0 Å². The van der Waals surface area contributed by atoms with Crippen LogP contribution in [-0.4, -0.2) is 18.2 Å². The zero-order valence-corrected chi connectivity index (χ0v) is 12.5. The van der Waals surface area contributed by atoms with Crippen LogP contribution < -0.4 is 4.72 Å². The highest BCUT2D eigenvalue weighted by molar-refractivity contribution is 7.92. The molecule has 2 aromatic rings. The number of nitrogens with zero attached hydrogens (tertiary/aromatic N) is 2. The van der Waals surface area contributed by atoms with Crippen molar-refractivity contribution in [3.05, 3.63) is 40.1 Å². The van der Waals surface area contributed by atoms with Gasteiger partial charge in [-0.2, -0.15) is 5.10 Å². The molecule has 1 aromatic carbocycles. The number of hydrogen-bond donors (Lipinski definition) is 1. The average Bonchev–Trinajstić information content (AvgIpc) is 2.56. The van der Waals surface area contributed by atoms with Crippen molar-refractivity contribution >= 4 is 38.9 Å². The van der Waals surface area contributed by atoms with E-state index in [2.05, 4.69) is 9.82 Å². The van der Waals surface area contributed by atoms with Gasteiger partial charge in [0.2, 0.25) is 0 Å². The first kappa shape index (κ1) is 14.2. The Kier molecular flexibility index (Phi) is 3.75. The summed E-state index contributed by atoms with van der Waals surface area (Å²) in [6.45, 7) is 1.59. The summed E-state index contributed by atoms with van der Waals surface area (Å²) in [4.78, 5) is -0.0217. The fourth-order valence-electron chi connectivity index (χ4n) is 1.64. The van der Waals surface area contributed by atoms with E-state index in [4.69, 9.17) is 23.2 Å². The molecule has 8 heteroatoms. The van der Waals surface area contributed by atoms with Gasteiger partial charge in [0.25, 0.3) is 10.0 Å². The summed E-state index contributed by atoms with van der Waals surface area (Å²) >= 11 is 11.7. The highest BCUT2D eigenvalue weighted by Crippen LogP contribution is 2.26. The second-order valence-corrected chi connectivity index (χ2v) is 6.36. The maximum absolute atomic E-state index is 12.3. The summed E-state index contributed by atoms with van der Waals surface area (Å²) in [5.41, 5.74) is 0.748. The molecule has 102 valence electrons. The number of rotatable bonds is 3. The molecule has 0 spiro atoms. The van der Waals surface area contributed by atoms with Crippen molar-refractivity contribution < 1.29 is 8.42 Å². The number of nitrogens with one attached hydrogen (secondary N) is 1. The Morgan fingerprint density at radius 1 is 1.21 bits per heavy atom. The largest absolute Gasteiger partial charge is 0.279 e. The molecule has 0 atom stereocenters. The van der Waals surface area contributed by atoms with Crippen molar-refractivity contribution in [1.82, 2.24) is 9.78 Å². The summed E-state index contributed by atoms with van der Waals surface area (Å²) in [5, 5.41) is 4.57. The summed E-state index contributed by atoms with van der Waals surface area (Å²) in [5.74, 6) is 0. The minimum atomic E-state index is -3.78. The molecule has 0 bridgehead atoms. The predicted molar refractivity (Wildman–Crippen MR) is 75.2 cm³/mol. The molecule has 0 aliphatic carbocycles. The molecule has 0 amide bonds. The van der Waals surface area contributed by atoms with E-state index in [1.807, 2.05) is 0 Å². The Morgan fingerprint density at radius 2 is 1.79 bits per heavy atom. The molecule has 0 fully saturated rings. The molecule has 2 rings (SSSR count). The van der Waals surface area contributed by atoms with Crippen LogP contribution in [0.1, 0.15) is 5.69 Å². The lowest BCUT2D eigenvalue weighted by Gasteiger charge is -2.07. The zero-order valence-electron chi connectivity index (χ0n) is 10.2. The molecular formula is C11H11Cl2N3O2S. The molecule has 0 aliphatic rings. The van der Waals surface area contributed by atoms with Gasteiger partial charge in [-0.05, 0) is 31.2 Å². The number of halogens is 2. The highest BCUT2D eigenvalue weighted by Gasteiger charge is 2.25. The van der Waals surface area contributed by atoms with Gasteiger partial charge in [-0.3, -0.25) is 9.40 Å². The fourth-order valence-corrected chi connectivity index (χ4v) is 3.58. The molecule has 0 radical (unpaired) electrons. The molecule has 0 saturated carbocycles. The quantitative estimate of drug-likeness (QED) is 0.946. The molecular weight excluding hydrogens is 309 g/mol. The molecule has 1 N–H and O–H groups in total. The Hall–Kier alpha value is -1.24. The summed E-state index contributed by atoms with van der Waals surface area (Å²) in [6.07, 6.45) is 0. The number of anilines is 1. The van der Waals surface area contributed by atoms with E-state index in [9.17, 15) is 8.42 Å². The third-order valence-electron chi connectivity index (χ3n) is 2.47. The molecule has 19 heavy (non-hydrogen) atoms. The van der Waals surface area contributed by atoms with Crippen LogP contribution >= 0.6 is 23.2 Å². The van der Waals surface area contributed by atoms with Crippen LogP contribution in [-0.2, 0) is 17.1 Å². The topological polar surface area (TPSA) is 64.0 Å².